The van der Waals surface area contributed by atoms with Crippen molar-refractivity contribution in [3.63, 3.8) is 0 Å². The molecule has 1 unspecified atom stereocenters. The summed E-state index contributed by atoms with van der Waals surface area (Å²) in [6.07, 6.45) is 0. The second kappa shape index (κ2) is 3.67. The van der Waals surface area contributed by atoms with Gasteiger partial charge < -0.3 is 4.90 Å². The van der Waals surface area contributed by atoms with Gasteiger partial charge in [-0.25, -0.2) is 0 Å². The molecule has 80 valence electrons. The number of hydrogen-bond acceptors (Lipinski definition) is 1. The molecule has 1 fully saturated rings. The molecular weight excluding hydrogens is 194 g/mol. The lowest BCUT2D eigenvalue weighted by Gasteiger charge is -2.05. The van der Waals surface area contributed by atoms with Gasteiger partial charge in [0.2, 0.25) is 0 Å². The van der Waals surface area contributed by atoms with Gasteiger partial charge in [-0.1, -0.05) is 48.5 Å². The maximum Gasteiger partial charge on any atom is 0.0747 e. The molecule has 0 radical (unpaired) electrons. The first kappa shape index (κ1) is 9.46. The molecule has 2 aromatic rings. The second-order valence-electron chi connectivity index (χ2n) is 4.34. The average molecular weight is 209 g/mol. The van der Waals surface area contributed by atoms with Gasteiger partial charge in [-0.3, -0.25) is 0 Å². The molecule has 1 heteroatoms. The third-order valence-electron chi connectivity index (χ3n) is 3.30. The van der Waals surface area contributed by atoms with Crippen LogP contribution in [-0.2, 0) is 0 Å². The van der Waals surface area contributed by atoms with Crippen LogP contribution in [0.4, 0.5) is 5.69 Å². The van der Waals surface area contributed by atoms with Crippen LogP contribution in [0.1, 0.15) is 18.5 Å². The molecule has 0 aromatic heterocycles. The summed E-state index contributed by atoms with van der Waals surface area (Å²) in [7, 11) is 0. The fraction of sp³-hybridized carbons (Fsp3) is 0.200. The lowest BCUT2D eigenvalue weighted by molar-refractivity contribution is 1.04. The average Bonchev–Trinajstić information content (AvgIpc) is 3.03. The summed E-state index contributed by atoms with van der Waals surface area (Å²) >= 11 is 0. The summed E-state index contributed by atoms with van der Waals surface area (Å²) in [6.45, 7) is 2.28. The zero-order chi connectivity index (χ0) is 11.0. The summed E-state index contributed by atoms with van der Waals surface area (Å²) in [6, 6.07) is 22.5. The van der Waals surface area contributed by atoms with Gasteiger partial charge in [-0.2, -0.15) is 0 Å². The molecule has 1 aliphatic rings. The lowest BCUT2D eigenvalue weighted by Crippen LogP contribution is -1.95. The van der Waals surface area contributed by atoms with E-state index < -0.39 is 0 Å². The first-order valence-corrected chi connectivity index (χ1v) is 5.76. The van der Waals surface area contributed by atoms with Gasteiger partial charge >= 0.3 is 0 Å². The Morgan fingerprint density at radius 3 is 2.00 bits per heavy atom. The third-order valence-corrected chi connectivity index (χ3v) is 3.30. The van der Waals surface area contributed by atoms with E-state index in [2.05, 4.69) is 72.5 Å². The quantitative estimate of drug-likeness (QED) is 0.682. The minimum absolute atomic E-state index is 0.559. The van der Waals surface area contributed by atoms with Crippen LogP contribution in [0.25, 0.3) is 0 Å². The third kappa shape index (κ3) is 1.49. The van der Waals surface area contributed by atoms with E-state index in [1.807, 2.05) is 0 Å². The number of para-hydroxylation sites is 1. The fourth-order valence-corrected chi connectivity index (χ4v) is 2.43. The van der Waals surface area contributed by atoms with E-state index in [-0.39, 0.29) is 0 Å². The largest absolute Gasteiger partial charge is 0.357 e. The van der Waals surface area contributed by atoms with Crippen molar-refractivity contribution in [3.8, 4) is 0 Å². The van der Waals surface area contributed by atoms with E-state index in [4.69, 9.17) is 0 Å². The van der Waals surface area contributed by atoms with Crippen LogP contribution in [0.15, 0.2) is 60.7 Å². The molecule has 2 aromatic carbocycles. The first-order chi connectivity index (χ1) is 7.88. The number of rotatable bonds is 2. The van der Waals surface area contributed by atoms with Crippen molar-refractivity contribution in [1.82, 2.24) is 0 Å². The summed E-state index contributed by atoms with van der Waals surface area (Å²) in [5, 5.41) is 0. The van der Waals surface area contributed by atoms with Gasteiger partial charge in [0.25, 0.3) is 0 Å². The SMILES string of the molecule is CC1[C@@H](c2ccccc2)N1c1ccccc1. The lowest BCUT2D eigenvalue weighted by atomic mass is 10.1. The normalized spacial score (nSPS) is 23.2. The molecule has 16 heavy (non-hydrogen) atoms. The molecule has 0 saturated carbocycles. The highest BCUT2D eigenvalue weighted by Gasteiger charge is 2.44. The van der Waals surface area contributed by atoms with E-state index in [1.54, 1.807) is 0 Å². The predicted molar refractivity (Wildman–Crippen MR) is 67.6 cm³/mol. The second-order valence-corrected chi connectivity index (χ2v) is 4.34. The van der Waals surface area contributed by atoms with E-state index in [1.165, 1.54) is 11.3 Å². The molecule has 1 nitrogen and oxygen atoms in total. The highest BCUT2D eigenvalue weighted by Crippen LogP contribution is 2.46. The number of anilines is 1. The van der Waals surface area contributed by atoms with Crippen LogP contribution in [-0.4, -0.2) is 6.04 Å². The molecule has 1 aliphatic heterocycles. The summed E-state index contributed by atoms with van der Waals surface area (Å²) in [5.74, 6) is 0. The maximum absolute atomic E-state index is 2.45. The highest BCUT2D eigenvalue weighted by atomic mass is 15.3. The highest BCUT2D eigenvalue weighted by molar-refractivity contribution is 5.58. The zero-order valence-electron chi connectivity index (χ0n) is 9.38. The van der Waals surface area contributed by atoms with E-state index in [0.29, 0.717) is 12.1 Å². The molecule has 2 atom stereocenters. The van der Waals surface area contributed by atoms with E-state index >= 15 is 0 Å². The molecule has 1 heterocycles. The van der Waals surface area contributed by atoms with Gasteiger partial charge in [-0.15, -0.1) is 0 Å². The van der Waals surface area contributed by atoms with Gasteiger partial charge in [0.15, 0.2) is 0 Å². The monoisotopic (exact) mass is 209 g/mol. The van der Waals surface area contributed by atoms with Crippen LogP contribution in [0.2, 0.25) is 0 Å². The Morgan fingerprint density at radius 2 is 1.38 bits per heavy atom. The van der Waals surface area contributed by atoms with Crippen LogP contribution in [0, 0.1) is 0 Å². The van der Waals surface area contributed by atoms with Crippen molar-refractivity contribution >= 4 is 5.69 Å². The Labute approximate surface area is 96.3 Å². The van der Waals surface area contributed by atoms with Gasteiger partial charge in [-0.05, 0) is 24.6 Å². The van der Waals surface area contributed by atoms with E-state index in [9.17, 15) is 0 Å². The summed E-state index contributed by atoms with van der Waals surface area (Å²) in [5.41, 5.74) is 2.74. The van der Waals surface area contributed by atoms with Gasteiger partial charge in [0, 0.05) is 5.69 Å². The van der Waals surface area contributed by atoms with Crippen molar-refractivity contribution in [2.24, 2.45) is 0 Å². The molecule has 0 spiro atoms. The van der Waals surface area contributed by atoms with Crippen LogP contribution < -0.4 is 4.90 Å². The minimum Gasteiger partial charge on any atom is -0.357 e. The van der Waals surface area contributed by atoms with Gasteiger partial charge in [0.05, 0.1) is 12.1 Å². The number of benzene rings is 2. The Kier molecular flexibility index (Phi) is 2.17. The minimum atomic E-state index is 0.559. The van der Waals surface area contributed by atoms with Crippen molar-refractivity contribution in [3.05, 3.63) is 66.2 Å². The predicted octanol–water partition coefficient (Wildman–Crippen LogP) is 3.64. The maximum atomic E-state index is 2.45. The molecule has 0 bridgehead atoms. The Morgan fingerprint density at radius 1 is 0.812 bits per heavy atom. The van der Waals surface area contributed by atoms with Crippen LogP contribution in [0.5, 0.6) is 0 Å². The molecule has 0 aliphatic carbocycles. The Bertz CT molecular complexity index is 418. The van der Waals surface area contributed by atoms with E-state index in [0.717, 1.165) is 0 Å². The standard InChI is InChI=1S/C15H15N/c1-12-15(13-8-4-2-5-9-13)16(12)14-10-6-3-7-11-14/h2-12,15H,1H3/t12?,15-,16?/m0/s1. The van der Waals surface area contributed by atoms with Crippen molar-refractivity contribution in [2.45, 2.75) is 19.0 Å². The molecule has 0 amide bonds. The summed E-state index contributed by atoms with van der Waals surface area (Å²) in [4.78, 5) is 2.45. The molecule has 1 saturated heterocycles. The number of hydrogen-bond donors (Lipinski definition) is 0. The first-order valence-electron chi connectivity index (χ1n) is 5.76. The Hall–Kier alpha value is -1.76. The van der Waals surface area contributed by atoms with Crippen LogP contribution in [0.3, 0.4) is 0 Å². The topological polar surface area (TPSA) is 3.01 Å². The van der Waals surface area contributed by atoms with Gasteiger partial charge in [0.1, 0.15) is 0 Å². The summed E-state index contributed by atoms with van der Waals surface area (Å²) < 4.78 is 0. The van der Waals surface area contributed by atoms with Crippen molar-refractivity contribution in [2.75, 3.05) is 4.90 Å². The van der Waals surface area contributed by atoms with Crippen LogP contribution >= 0.6 is 0 Å². The smallest absolute Gasteiger partial charge is 0.0747 e. The molecule has 3 rings (SSSR count). The molecule has 0 N–H and O–H groups in total. The molecular formula is C15H15N. The zero-order valence-corrected chi connectivity index (χ0v) is 9.38. The van der Waals surface area contributed by atoms with Crippen molar-refractivity contribution < 1.29 is 0 Å². The van der Waals surface area contributed by atoms with Crippen molar-refractivity contribution in [1.29, 1.82) is 0 Å². The fourth-order valence-electron chi connectivity index (χ4n) is 2.43. The Balaban J connectivity index is 1.87. The number of nitrogens with zero attached hydrogens (tertiary/aromatic N) is 1.